The summed E-state index contributed by atoms with van der Waals surface area (Å²) in [6.07, 6.45) is -3.36. The molecular formula is C12H18F3NO2. The molecule has 18 heavy (non-hydrogen) atoms. The number of furan rings is 1. The van der Waals surface area contributed by atoms with Gasteiger partial charge in [-0.2, -0.15) is 13.2 Å². The maximum Gasteiger partial charge on any atom is 0.389 e. The van der Waals surface area contributed by atoms with Crippen molar-refractivity contribution in [2.45, 2.75) is 39.1 Å². The lowest BCUT2D eigenvalue weighted by Crippen LogP contribution is -2.13. The second-order valence-corrected chi connectivity index (χ2v) is 3.92. The Balaban J connectivity index is 2.21. The summed E-state index contributed by atoms with van der Waals surface area (Å²) in [6.45, 7) is 3.80. The standard InChI is InChI=1S/C12H18F3NO2/c1-2-16-8-11-10(4-7-18-11)9-17-6-3-5-12(13,14)15/h4,7,16H,2-3,5-6,8-9H2,1H3. The van der Waals surface area contributed by atoms with E-state index < -0.39 is 12.6 Å². The Morgan fingerprint density at radius 1 is 1.39 bits per heavy atom. The molecule has 104 valence electrons. The molecule has 0 spiro atoms. The van der Waals surface area contributed by atoms with Gasteiger partial charge in [0.1, 0.15) is 5.76 Å². The van der Waals surface area contributed by atoms with E-state index in [-0.39, 0.29) is 19.6 Å². The molecule has 0 saturated heterocycles. The van der Waals surface area contributed by atoms with Crippen LogP contribution in [0.1, 0.15) is 31.1 Å². The first-order chi connectivity index (χ1) is 8.53. The molecule has 1 aromatic rings. The molecular weight excluding hydrogens is 247 g/mol. The summed E-state index contributed by atoms with van der Waals surface area (Å²) in [5.74, 6) is 0.771. The van der Waals surface area contributed by atoms with Gasteiger partial charge in [-0.25, -0.2) is 0 Å². The van der Waals surface area contributed by atoms with Crippen LogP contribution in [-0.2, 0) is 17.9 Å². The maximum absolute atomic E-state index is 11.9. The Labute approximate surface area is 104 Å². The van der Waals surface area contributed by atoms with Crippen molar-refractivity contribution in [1.82, 2.24) is 5.32 Å². The second-order valence-electron chi connectivity index (χ2n) is 3.92. The fraction of sp³-hybridized carbons (Fsp3) is 0.667. The fourth-order valence-corrected chi connectivity index (χ4v) is 1.45. The molecule has 0 aromatic carbocycles. The van der Waals surface area contributed by atoms with Gasteiger partial charge in [-0.1, -0.05) is 6.92 Å². The molecule has 1 N–H and O–H groups in total. The summed E-state index contributed by atoms with van der Waals surface area (Å²) in [4.78, 5) is 0. The Bertz CT molecular complexity index is 336. The van der Waals surface area contributed by atoms with E-state index >= 15 is 0 Å². The van der Waals surface area contributed by atoms with Gasteiger partial charge in [-0.05, 0) is 19.0 Å². The molecule has 0 bridgehead atoms. The molecule has 6 heteroatoms. The van der Waals surface area contributed by atoms with E-state index in [1.54, 1.807) is 12.3 Å². The minimum Gasteiger partial charge on any atom is -0.468 e. The first kappa shape index (κ1) is 15.0. The van der Waals surface area contributed by atoms with E-state index in [9.17, 15) is 13.2 Å². The van der Waals surface area contributed by atoms with Crippen LogP contribution in [0.4, 0.5) is 13.2 Å². The maximum atomic E-state index is 11.9. The van der Waals surface area contributed by atoms with E-state index in [0.29, 0.717) is 6.54 Å². The molecule has 1 rings (SSSR count). The van der Waals surface area contributed by atoms with Crippen LogP contribution in [0.5, 0.6) is 0 Å². The van der Waals surface area contributed by atoms with Crippen LogP contribution in [-0.4, -0.2) is 19.3 Å². The van der Waals surface area contributed by atoms with Crippen molar-refractivity contribution in [3.8, 4) is 0 Å². The highest BCUT2D eigenvalue weighted by Gasteiger charge is 2.25. The van der Waals surface area contributed by atoms with Gasteiger partial charge >= 0.3 is 6.18 Å². The van der Waals surface area contributed by atoms with E-state index in [4.69, 9.17) is 9.15 Å². The summed E-state index contributed by atoms with van der Waals surface area (Å²) in [7, 11) is 0. The highest BCUT2D eigenvalue weighted by molar-refractivity contribution is 5.15. The van der Waals surface area contributed by atoms with E-state index in [2.05, 4.69) is 5.32 Å². The highest BCUT2D eigenvalue weighted by Crippen LogP contribution is 2.21. The van der Waals surface area contributed by atoms with Crippen LogP contribution < -0.4 is 5.32 Å². The van der Waals surface area contributed by atoms with E-state index in [0.717, 1.165) is 17.9 Å². The van der Waals surface area contributed by atoms with Gasteiger partial charge in [-0.15, -0.1) is 0 Å². The van der Waals surface area contributed by atoms with Crippen molar-refractivity contribution in [2.75, 3.05) is 13.2 Å². The Morgan fingerprint density at radius 3 is 2.83 bits per heavy atom. The lowest BCUT2D eigenvalue weighted by atomic mass is 10.2. The van der Waals surface area contributed by atoms with E-state index in [1.165, 1.54) is 0 Å². The summed E-state index contributed by atoms with van der Waals surface area (Å²) in [6, 6.07) is 1.77. The predicted octanol–water partition coefficient (Wildman–Crippen LogP) is 3.25. The Kier molecular flexibility index (Phi) is 6.21. The summed E-state index contributed by atoms with van der Waals surface area (Å²) < 4.78 is 46.1. The fourth-order valence-electron chi connectivity index (χ4n) is 1.45. The number of rotatable bonds is 8. The third-order valence-electron chi connectivity index (χ3n) is 2.38. The zero-order valence-electron chi connectivity index (χ0n) is 10.3. The summed E-state index contributed by atoms with van der Waals surface area (Å²) in [5.41, 5.74) is 0.878. The SMILES string of the molecule is CCNCc1occc1COCCCC(F)(F)F. The minimum absolute atomic E-state index is 0.0100. The number of halogens is 3. The monoisotopic (exact) mass is 265 g/mol. The van der Waals surface area contributed by atoms with Crippen LogP contribution >= 0.6 is 0 Å². The molecule has 0 aliphatic carbocycles. The third-order valence-corrected chi connectivity index (χ3v) is 2.38. The molecule has 0 aliphatic rings. The average molecular weight is 265 g/mol. The molecule has 3 nitrogen and oxygen atoms in total. The lowest BCUT2D eigenvalue weighted by Gasteiger charge is -2.07. The van der Waals surface area contributed by atoms with Crippen molar-refractivity contribution < 1.29 is 22.3 Å². The van der Waals surface area contributed by atoms with Gasteiger partial charge in [0.05, 0.1) is 19.4 Å². The van der Waals surface area contributed by atoms with Gasteiger partial charge in [0.25, 0.3) is 0 Å². The number of hydrogen-bond donors (Lipinski definition) is 1. The number of ether oxygens (including phenoxy) is 1. The van der Waals surface area contributed by atoms with Crippen LogP contribution in [0.15, 0.2) is 16.7 Å². The quantitative estimate of drug-likeness (QED) is 0.733. The van der Waals surface area contributed by atoms with Gasteiger partial charge in [-0.3, -0.25) is 0 Å². The van der Waals surface area contributed by atoms with Crippen molar-refractivity contribution in [1.29, 1.82) is 0 Å². The number of alkyl halides is 3. The smallest absolute Gasteiger partial charge is 0.389 e. The number of nitrogens with one attached hydrogen (secondary N) is 1. The number of hydrogen-bond acceptors (Lipinski definition) is 3. The largest absolute Gasteiger partial charge is 0.468 e. The lowest BCUT2D eigenvalue weighted by molar-refractivity contribution is -0.138. The Hall–Kier alpha value is -1.01. The molecule has 1 heterocycles. The molecule has 0 amide bonds. The average Bonchev–Trinajstić information content (AvgIpc) is 2.72. The zero-order chi connectivity index (χ0) is 13.4. The molecule has 0 unspecified atom stereocenters. The van der Waals surface area contributed by atoms with Gasteiger partial charge in [0.2, 0.25) is 0 Å². The molecule has 0 aliphatic heterocycles. The van der Waals surface area contributed by atoms with E-state index in [1.807, 2.05) is 6.92 Å². The minimum atomic E-state index is -4.10. The molecule has 1 aromatic heterocycles. The van der Waals surface area contributed by atoms with Crippen molar-refractivity contribution in [3.05, 3.63) is 23.7 Å². The second kappa shape index (κ2) is 7.43. The normalized spacial score (nSPS) is 12.0. The van der Waals surface area contributed by atoms with Gasteiger partial charge in [0.15, 0.2) is 0 Å². The van der Waals surface area contributed by atoms with Crippen LogP contribution in [0.25, 0.3) is 0 Å². The van der Waals surface area contributed by atoms with Gasteiger partial charge < -0.3 is 14.5 Å². The first-order valence-corrected chi connectivity index (χ1v) is 5.93. The zero-order valence-corrected chi connectivity index (χ0v) is 10.3. The summed E-state index contributed by atoms with van der Waals surface area (Å²) in [5, 5.41) is 3.11. The van der Waals surface area contributed by atoms with Crippen molar-refractivity contribution in [3.63, 3.8) is 0 Å². The van der Waals surface area contributed by atoms with Crippen molar-refractivity contribution in [2.24, 2.45) is 0 Å². The Morgan fingerprint density at radius 2 is 2.17 bits per heavy atom. The van der Waals surface area contributed by atoms with Crippen LogP contribution in [0, 0.1) is 0 Å². The topological polar surface area (TPSA) is 34.4 Å². The molecule has 0 atom stereocenters. The highest BCUT2D eigenvalue weighted by atomic mass is 19.4. The molecule has 0 saturated carbocycles. The van der Waals surface area contributed by atoms with Crippen LogP contribution in [0.3, 0.4) is 0 Å². The van der Waals surface area contributed by atoms with Crippen LogP contribution in [0.2, 0.25) is 0 Å². The molecule has 0 fully saturated rings. The van der Waals surface area contributed by atoms with Gasteiger partial charge in [0, 0.05) is 18.6 Å². The van der Waals surface area contributed by atoms with Crippen molar-refractivity contribution >= 4 is 0 Å². The molecule has 0 radical (unpaired) electrons. The summed E-state index contributed by atoms with van der Waals surface area (Å²) >= 11 is 0. The predicted molar refractivity (Wildman–Crippen MR) is 61.0 cm³/mol. The third kappa shape index (κ3) is 6.07. The first-order valence-electron chi connectivity index (χ1n) is 5.93.